The molecular weight excluding hydrogens is 422 g/mol. The van der Waals surface area contributed by atoms with Crippen LogP contribution in [-0.4, -0.2) is 25.0 Å². The zero-order chi connectivity index (χ0) is 21.9. The molecule has 2 fully saturated rings. The summed E-state index contributed by atoms with van der Waals surface area (Å²) in [6.07, 6.45) is 17.0. The molecule has 180 valence electrons. The van der Waals surface area contributed by atoms with Crippen LogP contribution in [0.15, 0.2) is 24.3 Å². The highest BCUT2D eigenvalue weighted by atomic mass is 35.5. The van der Waals surface area contributed by atoms with Crippen LogP contribution in [-0.2, 0) is 16.0 Å². The Balaban J connectivity index is 0.00000363. The summed E-state index contributed by atoms with van der Waals surface area (Å²) >= 11 is 0. The van der Waals surface area contributed by atoms with Crippen molar-refractivity contribution < 1.29 is 9.53 Å². The molecule has 0 bridgehead atoms. The highest BCUT2D eigenvalue weighted by Gasteiger charge is 2.53. The van der Waals surface area contributed by atoms with Gasteiger partial charge in [-0.1, -0.05) is 57.1 Å². The number of aryl methyl sites for hydroxylation is 1. The Morgan fingerprint density at radius 3 is 2.25 bits per heavy atom. The third kappa shape index (κ3) is 8.40. The van der Waals surface area contributed by atoms with Crippen LogP contribution in [0.25, 0.3) is 0 Å². The lowest BCUT2D eigenvalue weighted by Gasteiger charge is -2.21. The monoisotopic (exact) mass is 463 g/mol. The van der Waals surface area contributed by atoms with E-state index in [4.69, 9.17) is 15.9 Å². The van der Waals surface area contributed by atoms with Gasteiger partial charge in [-0.15, -0.1) is 12.4 Å². The van der Waals surface area contributed by atoms with E-state index < -0.39 is 5.41 Å². The van der Waals surface area contributed by atoms with Crippen LogP contribution in [0.4, 0.5) is 5.69 Å². The normalized spacial score (nSPS) is 17.4. The van der Waals surface area contributed by atoms with E-state index in [1.807, 2.05) is 12.1 Å². The molecule has 0 radical (unpaired) electrons. The number of hydrogen-bond donors (Lipinski definition) is 3. The second kappa shape index (κ2) is 13.8. The zero-order valence-corrected chi connectivity index (χ0v) is 20.3. The molecule has 2 aliphatic carbocycles. The number of carbonyl (C=O) groups excluding carboxylic acids is 1. The molecule has 0 spiro atoms. The number of ether oxygens (including phenoxy) is 1. The molecule has 0 aromatic heterocycles. The molecule has 0 unspecified atom stereocenters. The van der Waals surface area contributed by atoms with Crippen molar-refractivity contribution in [3.63, 3.8) is 0 Å². The standard InChI is InChI=1S/C26H41N3O2.ClH/c27-24(28)26(17-18-26)25(30)29-23-15-13-21(14-16-23)10-6-3-1-2-4-9-19-31-20-22-11-7-5-8-12-22;/h13-16,22H,1-12,17-20H2,(H3,27,28)(H,29,30);1H. The molecule has 2 saturated carbocycles. The van der Waals surface area contributed by atoms with Gasteiger partial charge in [-0.2, -0.15) is 0 Å². The molecule has 1 aromatic carbocycles. The Morgan fingerprint density at radius 1 is 1.00 bits per heavy atom. The fraction of sp³-hybridized carbons (Fsp3) is 0.692. The van der Waals surface area contributed by atoms with Crippen LogP contribution in [0.1, 0.15) is 89.0 Å². The van der Waals surface area contributed by atoms with E-state index in [-0.39, 0.29) is 24.1 Å². The lowest BCUT2D eigenvalue weighted by molar-refractivity contribution is -0.119. The molecule has 4 N–H and O–H groups in total. The van der Waals surface area contributed by atoms with Gasteiger partial charge in [0.05, 0.1) is 0 Å². The van der Waals surface area contributed by atoms with Crippen molar-refractivity contribution in [2.45, 2.75) is 89.9 Å². The second-order valence-electron chi connectivity index (χ2n) is 9.60. The largest absolute Gasteiger partial charge is 0.387 e. The number of unbranched alkanes of at least 4 members (excludes halogenated alkanes) is 5. The Bertz CT molecular complexity index is 698. The first-order chi connectivity index (χ1) is 15.1. The van der Waals surface area contributed by atoms with Gasteiger partial charge in [0.25, 0.3) is 0 Å². The number of anilines is 1. The van der Waals surface area contributed by atoms with Gasteiger partial charge in [-0.25, -0.2) is 0 Å². The van der Waals surface area contributed by atoms with Crippen LogP contribution in [0, 0.1) is 16.7 Å². The molecule has 0 atom stereocenters. The summed E-state index contributed by atoms with van der Waals surface area (Å²) in [7, 11) is 0. The highest BCUT2D eigenvalue weighted by molar-refractivity contribution is 6.13. The Kier molecular flexibility index (Phi) is 11.5. The minimum atomic E-state index is -0.750. The minimum absolute atomic E-state index is 0. The van der Waals surface area contributed by atoms with Crippen molar-refractivity contribution in [2.75, 3.05) is 18.5 Å². The maximum Gasteiger partial charge on any atom is 0.238 e. The molecular formula is C26H42ClN3O2. The quantitative estimate of drug-likeness (QED) is 0.173. The van der Waals surface area contributed by atoms with Gasteiger partial charge in [-0.05, 0) is 68.6 Å². The molecule has 0 aliphatic heterocycles. The number of hydrogen-bond acceptors (Lipinski definition) is 3. The van der Waals surface area contributed by atoms with Crippen LogP contribution in [0.5, 0.6) is 0 Å². The van der Waals surface area contributed by atoms with Crippen molar-refractivity contribution in [1.29, 1.82) is 5.41 Å². The molecule has 0 heterocycles. The van der Waals surface area contributed by atoms with Gasteiger partial charge < -0.3 is 15.8 Å². The van der Waals surface area contributed by atoms with Crippen LogP contribution < -0.4 is 11.1 Å². The third-order valence-corrected chi connectivity index (χ3v) is 6.99. The molecule has 32 heavy (non-hydrogen) atoms. The molecule has 6 heteroatoms. The van der Waals surface area contributed by atoms with E-state index in [0.717, 1.165) is 31.2 Å². The number of amides is 1. The third-order valence-electron chi connectivity index (χ3n) is 6.99. The van der Waals surface area contributed by atoms with Crippen molar-refractivity contribution in [2.24, 2.45) is 17.1 Å². The van der Waals surface area contributed by atoms with Crippen LogP contribution in [0.3, 0.4) is 0 Å². The number of amidine groups is 1. The lowest BCUT2D eigenvalue weighted by Crippen LogP contribution is -2.35. The first-order valence-corrected chi connectivity index (χ1v) is 12.4. The number of nitrogens with two attached hydrogens (primary N) is 1. The SMILES string of the molecule is Cl.N=C(N)C1(C(=O)Nc2ccc(CCCCCCCCOCC3CCCCC3)cc2)CC1. The van der Waals surface area contributed by atoms with E-state index in [0.29, 0.717) is 12.8 Å². The summed E-state index contributed by atoms with van der Waals surface area (Å²) in [5, 5.41) is 10.5. The van der Waals surface area contributed by atoms with Gasteiger partial charge >= 0.3 is 0 Å². The van der Waals surface area contributed by atoms with Gasteiger partial charge in [0.1, 0.15) is 11.3 Å². The predicted octanol–water partition coefficient (Wildman–Crippen LogP) is 6.24. The maximum atomic E-state index is 12.3. The van der Waals surface area contributed by atoms with Crippen molar-refractivity contribution in [3.8, 4) is 0 Å². The number of benzene rings is 1. The van der Waals surface area contributed by atoms with E-state index in [1.165, 1.54) is 76.2 Å². The minimum Gasteiger partial charge on any atom is -0.387 e. The summed E-state index contributed by atoms with van der Waals surface area (Å²) in [5.74, 6) is 0.662. The van der Waals surface area contributed by atoms with Gasteiger partial charge in [0.15, 0.2) is 0 Å². The summed E-state index contributed by atoms with van der Waals surface area (Å²) in [6.45, 7) is 1.92. The number of halogens is 1. The second-order valence-corrected chi connectivity index (χ2v) is 9.60. The average molecular weight is 464 g/mol. The summed E-state index contributed by atoms with van der Waals surface area (Å²) in [4.78, 5) is 12.3. The zero-order valence-electron chi connectivity index (χ0n) is 19.5. The topological polar surface area (TPSA) is 88.2 Å². The number of nitrogens with one attached hydrogen (secondary N) is 2. The number of rotatable bonds is 14. The summed E-state index contributed by atoms with van der Waals surface area (Å²) in [6, 6.07) is 8.09. The lowest BCUT2D eigenvalue weighted by atomic mass is 9.90. The highest BCUT2D eigenvalue weighted by Crippen LogP contribution is 2.46. The first kappa shape index (κ1) is 26.7. The maximum absolute atomic E-state index is 12.3. The van der Waals surface area contributed by atoms with E-state index in [9.17, 15) is 4.79 Å². The van der Waals surface area contributed by atoms with Gasteiger partial charge in [0.2, 0.25) is 5.91 Å². The van der Waals surface area contributed by atoms with Crippen molar-refractivity contribution in [1.82, 2.24) is 0 Å². The molecule has 3 rings (SSSR count). The molecule has 1 aromatic rings. The Labute approximate surface area is 200 Å². The van der Waals surface area contributed by atoms with Gasteiger partial charge in [0, 0.05) is 18.9 Å². The smallest absolute Gasteiger partial charge is 0.238 e. The molecule has 1 amide bonds. The molecule has 2 aliphatic rings. The van der Waals surface area contributed by atoms with E-state index in [1.54, 1.807) is 0 Å². The fourth-order valence-corrected chi connectivity index (χ4v) is 4.59. The Morgan fingerprint density at radius 2 is 1.62 bits per heavy atom. The van der Waals surface area contributed by atoms with Crippen LogP contribution >= 0.6 is 12.4 Å². The summed E-state index contributed by atoms with van der Waals surface area (Å²) in [5.41, 5.74) is 6.92. The van der Waals surface area contributed by atoms with Crippen molar-refractivity contribution >= 4 is 29.8 Å². The fourth-order valence-electron chi connectivity index (χ4n) is 4.59. The van der Waals surface area contributed by atoms with E-state index in [2.05, 4.69) is 17.4 Å². The molecule has 0 saturated heterocycles. The first-order valence-electron chi connectivity index (χ1n) is 12.4. The van der Waals surface area contributed by atoms with Crippen LogP contribution in [0.2, 0.25) is 0 Å². The van der Waals surface area contributed by atoms with Crippen molar-refractivity contribution in [3.05, 3.63) is 29.8 Å². The Hall–Kier alpha value is -1.59. The molecule has 5 nitrogen and oxygen atoms in total. The van der Waals surface area contributed by atoms with E-state index >= 15 is 0 Å². The predicted molar refractivity (Wildman–Crippen MR) is 135 cm³/mol. The average Bonchev–Trinajstić information content (AvgIpc) is 3.59. The number of carbonyl (C=O) groups is 1. The summed E-state index contributed by atoms with van der Waals surface area (Å²) < 4.78 is 5.88. The van der Waals surface area contributed by atoms with Gasteiger partial charge in [-0.3, -0.25) is 10.2 Å².